The van der Waals surface area contributed by atoms with Gasteiger partial charge in [0.15, 0.2) is 5.92 Å². The molecular weight excluding hydrogens is 373 g/mol. The second-order valence-corrected chi connectivity index (χ2v) is 5.87. The number of hydrogen-bond donors (Lipinski definition) is 2. The van der Waals surface area contributed by atoms with E-state index in [4.69, 9.17) is 4.74 Å². The number of carbonyl (C=O) groups is 2. The standard InChI is InChI=1S/C20H21F3N2O3/c1-3-24-15-11-10-14(20(21,22)23)12-16(15)25-18(26)17(19(27)28-4-2)13-8-6-5-7-9-13/h5-12,17,24H,3-4H2,1-2H3,(H,25,26). The molecule has 2 rings (SSSR count). The second-order valence-electron chi connectivity index (χ2n) is 5.87. The van der Waals surface area contributed by atoms with Crippen molar-refractivity contribution in [3.8, 4) is 0 Å². The Labute approximate surface area is 160 Å². The molecule has 1 atom stereocenters. The summed E-state index contributed by atoms with van der Waals surface area (Å²) >= 11 is 0. The van der Waals surface area contributed by atoms with Gasteiger partial charge in [0, 0.05) is 6.54 Å². The summed E-state index contributed by atoms with van der Waals surface area (Å²) in [5.41, 5.74) is -0.265. The van der Waals surface area contributed by atoms with Crippen molar-refractivity contribution in [3.63, 3.8) is 0 Å². The number of carbonyl (C=O) groups excluding carboxylic acids is 2. The molecule has 2 aromatic carbocycles. The molecule has 0 aliphatic rings. The van der Waals surface area contributed by atoms with Crippen LogP contribution < -0.4 is 10.6 Å². The molecule has 2 N–H and O–H groups in total. The van der Waals surface area contributed by atoms with Gasteiger partial charge in [-0.05, 0) is 37.6 Å². The minimum Gasteiger partial charge on any atom is -0.465 e. The zero-order chi connectivity index (χ0) is 20.7. The predicted octanol–water partition coefficient (Wildman–Crippen LogP) is 4.42. The Kier molecular flexibility index (Phi) is 7.03. The smallest absolute Gasteiger partial charge is 0.416 e. The fraction of sp³-hybridized carbons (Fsp3) is 0.300. The van der Waals surface area contributed by atoms with Gasteiger partial charge >= 0.3 is 12.1 Å². The number of amides is 1. The van der Waals surface area contributed by atoms with Crippen molar-refractivity contribution < 1.29 is 27.5 Å². The van der Waals surface area contributed by atoms with E-state index >= 15 is 0 Å². The molecule has 1 amide bonds. The van der Waals surface area contributed by atoms with E-state index < -0.39 is 29.5 Å². The first-order valence-electron chi connectivity index (χ1n) is 8.75. The highest BCUT2D eigenvalue weighted by molar-refractivity contribution is 6.10. The normalized spacial score (nSPS) is 12.2. The van der Waals surface area contributed by atoms with E-state index in [0.29, 0.717) is 17.8 Å². The van der Waals surface area contributed by atoms with E-state index in [0.717, 1.165) is 12.1 Å². The molecule has 5 nitrogen and oxygen atoms in total. The fourth-order valence-electron chi connectivity index (χ4n) is 2.64. The van der Waals surface area contributed by atoms with Gasteiger partial charge in [0.25, 0.3) is 0 Å². The number of hydrogen-bond acceptors (Lipinski definition) is 4. The molecule has 8 heteroatoms. The van der Waals surface area contributed by atoms with E-state index in [9.17, 15) is 22.8 Å². The van der Waals surface area contributed by atoms with Crippen molar-refractivity contribution >= 4 is 23.3 Å². The van der Waals surface area contributed by atoms with Gasteiger partial charge in [-0.1, -0.05) is 30.3 Å². The Morgan fingerprint density at radius 3 is 2.29 bits per heavy atom. The van der Waals surface area contributed by atoms with E-state index in [1.165, 1.54) is 6.07 Å². The maximum atomic E-state index is 13.1. The van der Waals surface area contributed by atoms with Crippen LogP contribution >= 0.6 is 0 Å². The summed E-state index contributed by atoms with van der Waals surface area (Å²) in [6, 6.07) is 11.2. The second kappa shape index (κ2) is 9.25. The predicted molar refractivity (Wildman–Crippen MR) is 100 cm³/mol. The lowest BCUT2D eigenvalue weighted by Gasteiger charge is -2.19. The summed E-state index contributed by atoms with van der Waals surface area (Å²) in [5.74, 6) is -2.85. The fourth-order valence-corrected chi connectivity index (χ4v) is 2.64. The minimum atomic E-state index is -4.57. The Morgan fingerprint density at radius 2 is 1.71 bits per heavy atom. The van der Waals surface area contributed by atoms with Crippen molar-refractivity contribution in [1.82, 2.24) is 0 Å². The highest BCUT2D eigenvalue weighted by Gasteiger charge is 2.33. The van der Waals surface area contributed by atoms with E-state index in [-0.39, 0.29) is 12.3 Å². The van der Waals surface area contributed by atoms with Gasteiger partial charge in [-0.25, -0.2) is 0 Å². The molecular formula is C20H21F3N2O3. The summed E-state index contributed by atoms with van der Waals surface area (Å²) in [6.45, 7) is 3.89. The van der Waals surface area contributed by atoms with Gasteiger partial charge in [-0.15, -0.1) is 0 Å². The highest BCUT2D eigenvalue weighted by atomic mass is 19.4. The molecule has 0 saturated carbocycles. The molecule has 1 unspecified atom stereocenters. The number of nitrogens with one attached hydrogen (secondary N) is 2. The minimum absolute atomic E-state index is 0.0631. The van der Waals surface area contributed by atoms with Crippen molar-refractivity contribution in [1.29, 1.82) is 0 Å². The molecule has 28 heavy (non-hydrogen) atoms. The first-order chi connectivity index (χ1) is 13.3. The summed E-state index contributed by atoms with van der Waals surface area (Å²) in [7, 11) is 0. The number of rotatable bonds is 7. The van der Waals surface area contributed by atoms with Gasteiger partial charge in [0.1, 0.15) is 0 Å². The largest absolute Gasteiger partial charge is 0.465 e. The van der Waals surface area contributed by atoms with Crippen LogP contribution in [0.1, 0.15) is 30.9 Å². The van der Waals surface area contributed by atoms with Crippen LogP contribution in [-0.2, 0) is 20.5 Å². The number of halogens is 3. The summed E-state index contributed by atoms with van der Waals surface area (Å²) in [6.07, 6.45) is -4.57. The van der Waals surface area contributed by atoms with Crippen LogP contribution in [0.15, 0.2) is 48.5 Å². The average molecular weight is 394 g/mol. The molecule has 0 saturated heterocycles. The SMILES string of the molecule is CCNc1ccc(C(F)(F)F)cc1NC(=O)C(C(=O)OCC)c1ccccc1. The lowest BCUT2D eigenvalue weighted by atomic mass is 9.98. The molecule has 2 aromatic rings. The zero-order valence-electron chi connectivity index (χ0n) is 15.5. The summed E-state index contributed by atoms with van der Waals surface area (Å²) in [5, 5.41) is 5.34. The number of benzene rings is 2. The van der Waals surface area contributed by atoms with Crippen LogP contribution in [0.3, 0.4) is 0 Å². The summed E-state index contributed by atoms with van der Waals surface area (Å²) < 4.78 is 44.2. The Hall–Kier alpha value is -3.03. The Morgan fingerprint density at radius 1 is 1.04 bits per heavy atom. The first kappa shape index (κ1) is 21.3. The molecule has 0 heterocycles. The van der Waals surface area contributed by atoms with Gasteiger partial charge < -0.3 is 15.4 Å². The maximum absolute atomic E-state index is 13.1. The monoisotopic (exact) mass is 394 g/mol. The third kappa shape index (κ3) is 5.25. The molecule has 0 fully saturated rings. The Balaban J connectivity index is 2.40. The van der Waals surface area contributed by atoms with E-state index in [1.54, 1.807) is 44.2 Å². The lowest BCUT2D eigenvalue weighted by Crippen LogP contribution is -2.29. The average Bonchev–Trinajstić information content (AvgIpc) is 2.64. The van der Waals surface area contributed by atoms with Crippen LogP contribution in [-0.4, -0.2) is 25.0 Å². The summed E-state index contributed by atoms with van der Waals surface area (Å²) in [4.78, 5) is 25.2. The molecule has 150 valence electrons. The van der Waals surface area contributed by atoms with Crippen LogP contribution in [0.4, 0.5) is 24.5 Å². The van der Waals surface area contributed by atoms with Crippen molar-refractivity contribution in [2.24, 2.45) is 0 Å². The quantitative estimate of drug-likeness (QED) is 0.539. The number of alkyl halides is 3. The molecule has 0 radical (unpaired) electrons. The highest BCUT2D eigenvalue weighted by Crippen LogP contribution is 2.34. The number of esters is 1. The van der Waals surface area contributed by atoms with E-state index in [1.807, 2.05) is 0 Å². The maximum Gasteiger partial charge on any atom is 0.416 e. The van der Waals surface area contributed by atoms with Crippen molar-refractivity contribution in [2.75, 3.05) is 23.8 Å². The van der Waals surface area contributed by atoms with Crippen LogP contribution in [0.25, 0.3) is 0 Å². The number of ether oxygens (including phenoxy) is 1. The van der Waals surface area contributed by atoms with Gasteiger partial charge in [0.2, 0.25) is 5.91 Å². The van der Waals surface area contributed by atoms with Gasteiger partial charge in [0.05, 0.1) is 23.5 Å². The Bertz CT molecular complexity index is 823. The van der Waals surface area contributed by atoms with Gasteiger partial charge in [-0.3, -0.25) is 9.59 Å². The lowest BCUT2D eigenvalue weighted by molar-refractivity contribution is -0.147. The topological polar surface area (TPSA) is 67.4 Å². The molecule has 0 spiro atoms. The van der Waals surface area contributed by atoms with Crippen molar-refractivity contribution in [3.05, 3.63) is 59.7 Å². The van der Waals surface area contributed by atoms with Crippen LogP contribution in [0.5, 0.6) is 0 Å². The van der Waals surface area contributed by atoms with Gasteiger partial charge in [-0.2, -0.15) is 13.2 Å². The van der Waals surface area contributed by atoms with Crippen LogP contribution in [0.2, 0.25) is 0 Å². The molecule has 0 aliphatic heterocycles. The third-order valence-corrected chi connectivity index (χ3v) is 3.89. The molecule has 0 aliphatic carbocycles. The van der Waals surface area contributed by atoms with Crippen LogP contribution in [0, 0.1) is 0 Å². The third-order valence-electron chi connectivity index (χ3n) is 3.89. The molecule has 0 bridgehead atoms. The zero-order valence-corrected chi connectivity index (χ0v) is 15.5. The van der Waals surface area contributed by atoms with Crippen molar-refractivity contribution in [2.45, 2.75) is 25.9 Å². The van der Waals surface area contributed by atoms with E-state index in [2.05, 4.69) is 10.6 Å². The molecule has 0 aromatic heterocycles. The first-order valence-corrected chi connectivity index (χ1v) is 8.75. The number of anilines is 2.